The summed E-state index contributed by atoms with van der Waals surface area (Å²) in [4.78, 5) is 23.5. The van der Waals surface area contributed by atoms with Crippen LogP contribution in [0, 0.1) is 0 Å². The molecule has 1 saturated heterocycles. The van der Waals surface area contributed by atoms with Crippen LogP contribution in [0.3, 0.4) is 0 Å². The van der Waals surface area contributed by atoms with Crippen LogP contribution < -0.4 is 10.1 Å². The van der Waals surface area contributed by atoms with Gasteiger partial charge in [0.1, 0.15) is 16.2 Å². The fourth-order valence-corrected chi connectivity index (χ4v) is 4.59. The molecule has 1 heterocycles. The minimum atomic E-state index is -3.77. The van der Waals surface area contributed by atoms with Crippen molar-refractivity contribution >= 4 is 21.9 Å². The number of hydrogen-bond donors (Lipinski definition) is 2. The number of carbonyl (C=O) groups is 2. The normalized spacial score (nSPS) is 19.4. The Morgan fingerprint density at radius 2 is 1.88 bits per heavy atom. The number of aliphatic carboxylic acids is 1. The standard InChI is InChI=1S/C16H20N2O6S/c1-24-12-5-4-11(14(19)17-16(6-7-16)15(20)21)10-13(12)25(22,23)18-8-2-3-9-18/h4-5,10H,2-3,6-9H2,1H3,(H,17,19)(H,20,21). The van der Waals surface area contributed by atoms with Crippen molar-refractivity contribution in [1.82, 2.24) is 9.62 Å². The second kappa shape index (κ2) is 6.30. The molecule has 0 bridgehead atoms. The number of carboxylic acids is 1. The molecule has 0 radical (unpaired) electrons. The molecule has 2 N–H and O–H groups in total. The van der Waals surface area contributed by atoms with Crippen molar-refractivity contribution in [3.8, 4) is 5.75 Å². The van der Waals surface area contributed by atoms with Gasteiger partial charge in [0, 0.05) is 18.7 Å². The minimum Gasteiger partial charge on any atom is -0.495 e. The molecule has 25 heavy (non-hydrogen) atoms. The molecule has 1 aromatic rings. The van der Waals surface area contributed by atoms with Crippen molar-refractivity contribution < 1.29 is 27.9 Å². The molecule has 1 aliphatic heterocycles. The molecule has 3 rings (SSSR count). The quantitative estimate of drug-likeness (QED) is 0.769. The summed E-state index contributed by atoms with van der Waals surface area (Å²) < 4.78 is 32.1. The predicted octanol–water partition coefficient (Wildman–Crippen LogP) is 0.827. The van der Waals surface area contributed by atoms with Gasteiger partial charge in [0.25, 0.3) is 5.91 Å². The smallest absolute Gasteiger partial charge is 0.329 e. The molecule has 1 saturated carbocycles. The maximum Gasteiger partial charge on any atom is 0.329 e. The first-order chi connectivity index (χ1) is 11.8. The van der Waals surface area contributed by atoms with Gasteiger partial charge in [-0.15, -0.1) is 0 Å². The number of nitrogens with one attached hydrogen (secondary N) is 1. The lowest BCUT2D eigenvalue weighted by Gasteiger charge is -2.19. The van der Waals surface area contributed by atoms with Crippen LogP contribution >= 0.6 is 0 Å². The zero-order valence-corrected chi connectivity index (χ0v) is 14.6. The second-order valence-corrected chi connectivity index (χ2v) is 8.22. The highest BCUT2D eigenvalue weighted by Crippen LogP contribution is 2.36. The minimum absolute atomic E-state index is 0.0790. The van der Waals surface area contributed by atoms with E-state index in [1.807, 2.05) is 0 Å². The number of amides is 1. The van der Waals surface area contributed by atoms with Gasteiger partial charge in [0.15, 0.2) is 0 Å². The number of sulfonamides is 1. The summed E-state index contributed by atoms with van der Waals surface area (Å²) in [5.41, 5.74) is -1.14. The lowest BCUT2D eigenvalue weighted by molar-refractivity contribution is -0.140. The van der Waals surface area contributed by atoms with Crippen LogP contribution in [0.15, 0.2) is 23.1 Å². The molecular formula is C16H20N2O6S. The van der Waals surface area contributed by atoms with E-state index < -0.39 is 27.4 Å². The maximum absolute atomic E-state index is 12.8. The third-order valence-corrected chi connectivity index (χ3v) is 6.54. The van der Waals surface area contributed by atoms with E-state index in [-0.39, 0.29) is 16.2 Å². The molecule has 1 aliphatic carbocycles. The second-order valence-electron chi connectivity index (χ2n) is 6.32. The van der Waals surface area contributed by atoms with Gasteiger partial charge in [-0.05, 0) is 43.9 Å². The first-order valence-electron chi connectivity index (χ1n) is 8.04. The fourth-order valence-electron chi connectivity index (χ4n) is 2.89. The highest BCUT2D eigenvalue weighted by atomic mass is 32.2. The number of carboxylic acid groups (broad SMARTS) is 1. The first-order valence-corrected chi connectivity index (χ1v) is 9.48. The van der Waals surface area contributed by atoms with Crippen LogP contribution in [0.2, 0.25) is 0 Å². The molecule has 1 aromatic carbocycles. The topological polar surface area (TPSA) is 113 Å². The predicted molar refractivity (Wildman–Crippen MR) is 88.1 cm³/mol. The van der Waals surface area contributed by atoms with E-state index in [9.17, 15) is 23.1 Å². The van der Waals surface area contributed by atoms with Crippen molar-refractivity contribution in [3.63, 3.8) is 0 Å². The number of benzene rings is 1. The monoisotopic (exact) mass is 368 g/mol. The van der Waals surface area contributed by atoms with Gasteiger partial charge in [0.05, 0.1) is 7.11 Å². The number of carbonyl (C=O) groups excluding carboxylic acids is 1. The summed E-state index contributed by atoms with van der Waals surface area (Å²) >= 11 is 0. The van der Waals surface area contributed by atoms with Gasteiger partial charge in [-0.2, -0.15) is 4.31 Å². The Morgan fingerprint density at radius 3 is 2.40 bits per heavy atom. The van der Waals surface area contributed by atoms with Crippen LogP contribution in [-0.2, 0) is 14.8 Å². The maximum atomic E-state index is 12.8. The Kier molecular flexibility index (Phi) is 4.46. The van der Waals surface area contributed by atoms with E-state index in [1.54, 1.807) is 0 Å². The number of rotatable bonds is 6. The van der Waals surface area contributed by atoms with E-state index in [1.165, 1.54) is 29.6 Å². The summed E-state index contributed by atoms with van der Waals surface area (Å²) in [5, 5.41) is 11.7. The van der Waals surface area contributed by atoms with Crippen molar-refractivity contribution in [3.05, 3.63) is 23.8 Å². The Hall–Kier alpha value is -2.13. The summed E-state index contributed by atoms with van der Waals surface area (Å²) in [5.74, 6) is -1.54. The molecule has 0 aromatic heterocycles. The highest BCUT2D eigenvalue weighted by molar-refractivity contribution is 7.89. The molecule has 2 aliphatic rings. The van der Waals surface area contributed by atoms with Crippen molar-refractivity contribution in [1.29, 1.82) is 0 Å². The Labute approximate surface area is 145 Å². The van der Waals surface area contributed by atoms with Crippen LogP contribution in [0.25, 0.3) is 0 Å². The number of nitrogens with zero attached hydrogens (tertiary/aromatic N) is 1. The van der Waals surface area contributed by atoms with Crippen molar-refractivity contribution in [2.24, 2.45) is 0 Å². The average molecular weight is 368 g/mol. The van der Waals surface area contributed by atoms with Crippen LogP contribution in [-0.4, -0.2) is 55.4 Å². The lowest BCUT2D eigenvalue weighted by Crippen LogP contribution is -2.43. The van der Waals surface area contributed by atoms with Gasteiger partial charge in [-0.1, -0.05) is 0 Å². The molecule has 1 amide bonds. The van der Waals surface area contributed by atoms with Gasteiger partial charge in [0.2, 0.25) is 10.0 Å². The molecule has 0 unspecified atom stereocenters. The summed E-state index contributed by atoms with van der Waals surface area (Å²) in [7, 11) is -2.41. The van der Waals surface area contributed by atoms with E-state index in [0.717, 1.165) is 12.8 Å². The molecule has 2 fully saturated rings. The third kappa shape index (κ3) is 3.21. The number of ether oxygens (including phenoxy) is 1. The van der Waals surface area contributed by atoms with Gasteiger partial charge >= 0.3 is 5.97 Å². The van der Waals surface area contributed by atoms with E-state index in [4.69, 9.17) is 4.74 Å². The third-order valence-electron chi connectivity index (χ3n) is 4.62. The van der Waals surface area contributed by atoms with Gasteiger partial charge in [-0.3, -0.25) is 4.79 Å². The zero-order valence-electron chi connectivity index (χ0n) is 13.8. The van der Waals surface area contributed by atoms with E-state index in [2.05, 4.69) is 5.32 Å². The number of hydrogen-bond acceptors (Lipinski definition) is 5. The molecule has 0 atom stereocenters. The molecule has 9 heteroatoms. The molecule has 0 spiro atoms. The van der Waals surface area contributed by atoms with E-state index >= 15 is 0 Å². The highest BCUT2D eigenvalue weighted by Gasteiger charge is 2.51. The largest absolute Gasteiger partial charge is 0.495 e. The zero-order chi connectivity index (χ0) is 18.2. The SMILES string of the molecule is COc1ccc(C(=O)NC2(C(=O)O)CC2)cc1S(=O)(=O)N1CCCC1. The Balaban J connectivity index is 1.92. The van der Waals surface area contributed by atoms with Gasteiger partial charge in [-0.25, -0.2) is 13.2 Å². The van der Waals surface area contributed by atoms with Crippen molar-refractivity contribution in [2.75, 3.05) is 20.2 Å². The molecular weight excluding hydrogens is 348 g/mol. The van der Waals surface area contributed by atoms with Crippen LogP contribution in [0.5, 0.6) is 5.75 Å². The Morgan fingerprint density at radius 1 is 1.24 bits per heavy atom. The molecule has 136 valence electrons. The summed E-state index contributed by atoms with van der Waals surface area (Å²) in [6.07, 6.45) is 2.32. The summed E-state index contributed by atoms with van der Waals surface area (Å²) in [6, 6.07) is 4.09. The average Bonchev–Trinajstić information content (AvgIpc) is 3.15. The van der Waals surface area contributed by atoms with Crippen molar-refractivity contribution in [2.45, 2.75) is 36.1 Å². The number of methoxy groups -OCH3 is 1. The molecule has 8 nitrogen and oxygen atoms in total. The van der Waals surface area contributed by atoms with Crippen LogP contribution in [0.4, 0.5) is 0 Å². The van der Waals surface area contributed by atoms with Gasteiger partial charge < -0.3 is 15.2 Å². The van der Waals surface area contributed by atoms with Crippen LogP contribution in [0.1, 0.15) is 36.0 Å². The lowest BCUT2D eigenvalue weighted by atomic mass is 10.1. The van der Waals surface area contributed by atoms with E-state index in [0.29, 0.717) is 25.9 Å². The summed E-state index contributed by atoms with van der Waals surface area (Å²) in [6.45, 7) is 0.869. The first kappa shape index (κ1) is 17.7. The fraction of sp³-hybridized carbons (Fsp3) is 0.500. The Bertz CT molecular complexity index is 810.